The van der Waals surface area contributed by atoms with E-state index in [9.17, 15) is 0 Å². The lowest BCUT2D eigenvalue weighted by Gasteiger charge is -2.14. The molecule has 2 heteroatoms. The summed E-state index contributed by atoms with van der Waals surface area (Å²) in [6.07, 6.45) is 6.59. The van der Waals surface area contributed by atoms with Crippen LogP contribution in [0.2, 0.25) is 0 Å². The molecule has 0 aliphatic carbocycles. The van der Waals surface area contributed by atoms with Crippen molar-refractivity contribution in [3.8, 4) is 0 Å². The smallest absolute Gasteiger partial charge is 0.00219 e. The van der Waals surface area contributed by atoms with Crippen molar-refractivity contribution < 1.29 is 0 Å². The summed E-state index contributed by atoms with van der Waals surface area (Å²) in [5, 5.41) is 0. The van der Waals surface area contributed by atoms with Crippen molar-refractivity contribution in [2.75, 3.05) is 40.3 Å². The molecule has 0 fully saturated rings. The molecule has 0 unspecified atom stereocenters. The Morgan fingerprint density at radius 1 is 0.588 bits per heavy atom. The molecule has 0 saturated heterocycles. The van der Waals surface area contributed by atoms with Crippen LogP contribution < -0.4 is 0 Å². The lowest BCUT2D eigenvalue weighted by Crippen LogP contribution is -2.20. The first-order valence-electron chi connectivity index (χ1n) is 7.49. The van der Waals surface area contributed by atoms with Gasteiger partial charge >= 0.3 is 0 Å². The van der Waals surface area contributed by atoms with E-state index >= 15 is 0 Å². The normalized spacial score (nSPS) is 10.6. The zero-order valence-corrected chi connectivity index (χ0v) is 13.3. The van der Waals surface area contributed by atoms with E-state index in [0.29, 0.717) is 0 Å². The number of hydrogen-bond acceptors (Lipinski definition) is 2. The minimum absolute atomic E-state index is 1.17. The molecular formula is C15H36N2. The average molecular weight is 244 g/mol. The maximum atomic E-state index is 2.42. The van der Waals surface area contributed by atoms with Gasteiger partial charge in [0, 0.05) is 0 Å². The van der Waals surface area contributed by atoms with E-state index in [-0.39, 0.29) is 0 Å². The van der Waals surface area contributed by atoms with Gasteiger partial charge in [-0.1, -0.05) is 40.5 Å². The third-order valence-electron chi connectivity index (χ3n) is 2.93. The fourth-order valence-corrected chi connectivity index (χ4v) is 1.51. The zero-order valence-electron chi connectivity index (χ0n) is 13.3. The predicted molar refractivity (Wildman–Crippen MR) is 80.8 cm³/mol. The molecule has 0 aliphatic heterocycles. The summed E-state index contributed by atoms with van der Waals surface area (Å²) in [7, 11) is 4.36. The molecule has 0 spiro atoms. The van der Waals surface area contributed by atoms with Crippen molar-refractivity contribution in [1.29, 1.82) is 0 Å². The Balaban J connectivity index is 0. The monoisotopic (exact) mass is 244 g/mol. The summed E-state index contributed by atoms with van der Waals surface area (Å²) < 4.78 is 0. The highest BCUT2D eigenvalue weighted by Gasteiger charge is 1.94. The zero-order chi connectivity index (χ0) is 13.5. The lowest BCUT2D eigenvalue weighted by atomic mass is 10.3. The Bertz CT molecular complexity index is 118. The van der Waals surface area contributed by atoms with Gasteiger partial charge in [0.15, 0.2) is 0 Å². The van der Waals surface area contributed by atoms with E-state index in [0.717, 1.165) is 0 Å². The molecular weight excluding hydrogens is 208 g/mol. The summed E-state index contributed by atoms with van der Waals surface area (Å²) in [5.74, 6) is 0. The van der Waals surface area contributed by atoms with Gasteiger partial charge < -0.3 is 9.80 Å². The summed E-state index contributed by atoms with van der Waals surface area (Å²) in [5.41, 5.74) is 0. The van der Waals surface area contributed by atoms with Crippen LogP contribution in [0.15, 0.2) is 0 Å². The molecule has 2 nitrogen and oxygen atoms in total. The molecule has 0 bridgehead atoms. The van der Waals surface area contributed by atoms with E-state index < -0.39 is 0 Å². The number of hydrogen-bond donors (Lipinski definition) is 0. The van der Waals surface area contributed by atoms with Crippen LogP contribution in [0.4, 0.5) is 0 Å². The van der Waals surface area contributed by atoms with Crippen molar-refractivity contribution >= 4 is 0 Å². The summed E-state index contributed by atoms with van der Waals surface area (Å²) in [6, 6.07) is 0. The second-order valence-corrected chi connectivity index (χ2v) is 4.91. The highest BCUT2D eigenvalue weighted by molar-refractivity contribution is 4.49. The first kappa shape index (κ1) is 19.3. The molecule has 0 atom stereocenters. The Kier molecular flexibility index (Phi) is 18.0. The van der Waals surface area contributed by atoms with Crippen molar-refractivity contribution in [3.63, 3.8) is 0 Å². The Morgan fingerprint density at radius 2 is 1.06 bits per heavy atom. The van der Waals surface area contributed by atoms with Crippen LogP contribution in [-0.2, 0) is 0 Å². The quantitative estimate of drug-likeness (QED) is 0.607. The minimum Gasteiger partial charge on any atom is -0.307 e. The van der Waals surface area contributed by atoms with Gasteiger partial charge in [-0.05, 0) is 59.5 Å². The first-order valence-corrected chi connectivity index (χ1v) is 7.49. The largest absolute Gasteiger partial charge is 0.307 e. The molecule has 0 saturated carbocycles. The number of nitrogens with zero attached hydrogens (tertiary/aromatic N) is 2. The van der Waals surface area contributed by atoms with Crippen molar-refractivity contribution in [3.05, 3.63) is 0 Å². The third-order valence-corrected chi connectivity index (χ3v) is 2.93. The molecule has 0 aromatic carbocycles. The fourth-order valence-electron chi connectivity index (χ4n) is 1.51. The highest BCUT2D eigenvalue weighted by Crippen LogP contribution is 1.94. The van der Waals surface area contributed by atoms with Gasteiger partial charge in [0.25, 0.3) is 0 Å². The lowest BCUT2D eigenvalue weighted by molar-refractivity contribution is 0.322. The molecule has 0 heterocycles. The van der Waals surface area contributed by atoms with Crippen molar-refractivity contribution in [1.82, 2.24) is 9.80 Å². The molecule has 17 heavy (non-hydrogen) atoms. The predicted octanol–water partition coefficient (Wildman–Crippen LogP) is 3.87. The second kappa shape index (κ2) is 15.9. The van der Waals surface area contributed by atoms with Crippen LogP contribution in [0.5, 0.6) is 0 Å². The maximum absolute atomic E-state index is 2.42. The van der Waals surface area contributed by atoms with Gasteiger partial charge in [-0.15, -0.1) is 0 Å². The van der Waals surface area contributed by atoms with Crippen LogP contribution in [0.25, 0.3) is 0 Å². The van der Waals surface area contributed by atoms with Gasteiger partial charge in [-0.25, -0.2) is 0 Å². The molecule has 0 aromatic rings. The molecule has 0 aromatic heterocycles. The van der Waals surface area contributed by atoms with Crippen LogP contribution in [0, 0.1) is 0 Å². The molecule has 106 valence electrons. The second-order valence-electron chi connectivity index (χ2n) is 4.91. The SMILES string of the molecule is CCCCN(C)CCCC.CCCN(C)CC. The van der Waals surface area contributed by atoms with E-state index in [1.54, 1.807) is 0 Å². The Hall–Kier alpha value is -0.0800. The summed E-state index contributed by atoms with van der Waals surface area (Å²) in [4.78, 5) is 4.73. The molecule has 0 N–H and O–H groups in total. The van der Waals surface area contributed by atoms with E-state index in [2.05, 4.69) is 51.6 Å². The van der Waals surface area contributed by atoms with Crippen LogP contribution >= 0.6 is 0 Å². The minimum atomic E-state index is 1.17. The topological polar surface area (TPSA) is 6.48 Å². The maximum Gasteiger partial charge on any atom is -0.00219 e. The van der Waals surface area contributed by atoms with E-state index in [1.807, 2.05) is 0 Å². The first-order chi connectivity index (χ1) is 8.12. The molecule has 0 radical (unpaired) electrons. The Morgan fingerprint density at radius 3 is 1.29 bits per heavy atom. The number of rotatable bonds is 9. The molecule has 0 amide bonds. The van der Waals surface area contributed by atoms with Gasteiger partial charge in [0.2, 0.25) is 0 Å². The number of unbranched alkanes of at least 4 members (excludes halogenated alkanes) is 2. The van der Waals surface area contributed by atoms with Crippen molar-refractivity contribution in [2.45, 2.75) is 59.8 Å². The molecule has 0 aliphatic rings. The standard InChI is InChI=1S/C9H21N.C6H15N/c1-4-6-8-10(3)9-7-5-2;1-4-6-7(3)5-2/h4-9H2,1-3H3;4-6H2,1-3H3. The van der Waals surface area contributed by atoms with Gasteiger partial charge in [-0.2, -0.15) is 0 Å². The summed E-state index contributed by atoms with van der Waals surface area (Å²) >= 11 is 0. The van der Waals surface area contributed by atoms with E-state index in [1.165, 1.54) is 58.3 Å². The average Bonchev–Trinajstić information content (AvgIpc) is 2.34. The van der Waals surface area contributed by atoms with Gasteiger partial charge in [0.1, 0.15) is 0 Å². The fraction of sp³-hybridized carbons (Fsp3) is 1.00. The van der Waals surface area contributed by atoms with Crippen LogP contribution in [0.1, 0.15) is 59.8 Å². The van der Waals surface area contributed by atoms with Crippen LogP contribution in [-0.4, -0.2) is 50.1 Å². The third kappa shape index (κ3) is 18.5. The summed E-state index contributed by atoms with van der Waals surface area (Å²) in [6.45, 7) is 13.8. The van der Waals surface area contributed by atoms with Crippen molar-refractivity contribution in [2.24, 2.45) is 0 Å². The molecule has 0 rings (SSSR count). The highest BCUT2D eigenvalue weighted by atomic mass is 15.1. The van der Waals surface area contributed by atoms with E-state index in [4.69, 9.17) is 0 Å². The van der Waals surface area contributed by atoms with Gasteiger partial charge in [-0.3, -0.25) is 0 Å². The van der Waals surface area contributed by atoms with Crippen LogP contribution in [0.3, 0.4) is 0 Å². The van der Waals surface area contributed by atoms with Gasteiger partial charge in [0.05, 0.1) is 0 Å². The Labute approximate surface area is 110 Å².